The van der Waals surface area contributed by atoms with Crippen molar-refractivity contribution < 1.29 is 19.1 Å². The number of hydrogen-bond donors (Lipinski definition) is 0. The molecular weight excluding hydrogens is 366 g/mol. The van der Waals surface area contributed by atoms with Gasteiger partial charge in [0.05, 0.1) is 25.5 Å². The Hall–Kier alpha value is -3.34. The lowest BCUT2D eigenvalue weighted by molar-refractivity contribution is 0.0556. The van der Waals surface area contributed by atoms with Gasteiger partial charge in [0.1, 0.15) is 5.56 Å². The third-order valence-corrected chi connectivity index (χ3v) is 4.86. The zero-order chi connectivity index (χ0) is 21.0. The molecule has 3 rings (SSSR count). The highest BCUT2D eigenvalue weighted by Gasteiger charge is 2.34. The van der Waals surface area contributed by atoms with E-state index in [0.29, 0.717) is 12.2 Å². The SMILES string of the molecule is COC(=O)c1c(C(=O)OC)c(C(C)C)n(Cc2ccccc2)c1-c1ccccc1. The van der Waals surface area contributed by atoms with E-state index >= 15 is 0 Å². The summed E-state index contributed by atoms with van der Waals surface area (Å²) in [6.07, 6.45) is 0. The summed E-state index contributed by atoms with van der Waals surface area (Å²) in [4.78, 5) is 25.6. The second-order valence-corrected chi connectivity index (χ2v) is 7.06. The molecule has 1 aromatic heterocycles. The largest absolute Gasteiger partial charge is 0.465 e. The maximum Gasteiger partial charge on any atom is 0.340 e. The molecule has 0 aliphatic carbocycles. The molecule has 0 bridgehead atoms. The minimum absolute atomic E-state index is 0.0197. The molecule has 0 aliphatic rings. The van der Waals surface area contributed by atoms with E-state index < -0.39 is 11.9 Å². The number of aromatic nitrogens is 1. The van der Waals surface area contributed by atoms with Crippen LogP contribution in [0.4, 0.5) is 0 Å². The fraction of sp³-hybridized carbons (Fsp3) is 0.250. The van der Waals surface area contributed by atoms with Crippen LogP contribution >= 0.6 is 0 Å². The number of esters is 2. The van der Waals surface area contributed by atoms with Gasteiger partial charge in [0.2, 0.25) is 0 Å². The summed E-state index contributed by atoms with van der Waals surface area (Å²) in [6.45, 7) is 4.51. The fourth-order valence-electron chi connectivity index (χ4n) is 3.67. The van der Waals surface area contributed by atoms with Gasteiger partial charge in [-0.05, 0) is 17.0 Å². The number of rotatable bonds is 6. The molecule has 0 unspecified atom stereocenters. The monoisotopic (exact) mass is 391 g/mol. The van der Waals surface area contributed by atoms with Gasteiger partial charge in [-0.3, -0.25) is 0 Å². The average molecular weight is 391 g/mol. The summed E-state index contributed by atoms with van der Waals surface area (Å²) >= 11 is 0. The molecule has 2 aromatic carbocycles. The van der Waals surface area contributed by atoms with Crippen molar-refractivity contribution in [2.24, 2.45) is 0 Å². The van der Waals surface area contributed by atoms with Gasteiger partial charge >= 0.3 is 11.9 Å². The molecular formula is C24H25NO4. The van der Waals surface area contributed by atoms with E-state index in [0.717, 1.165) is 16.8 Å². The molecule has 0 amide bonds. The fourth-order valence-corrected chi connectivity index (χ4v) is 3.67. The van der Waals surface area contributed by atoms with Crippen LogP contribution in [-0.2, 0) is 16.0 Å². The first kappa shape index (κ1) is 20.4. The first-order valence-corrected chi connectivity index (χ1v) is 9.51. The lowest BCUT2D eigenvalue weighted by atomic mass is 10.0. The van der Waals surface area contributed by atoms with Crippen molar-refractivity contribution in [1.82, 2.24) is 4.57 Å². The van der Waals surface area contributed by atoms with Gasteiger partial charge < -0.3 is 14.0 Å². The topological polar surface area (TPSA) is 57.5 Å². The van der Waals surface area contributed by atoms with Crippen molar-refractivity contribution >= 4 is 11.9 Å². The third-order valence-electron chi connectivity index (χ3n) is 4.86. The molecule has 0 N–H and O–H groups in total. The average Bonchev–Trinajstić information content (AvgIpc) is 3.09. The highest BCUT2D eigenvalue weighted by atomic mass is 16.5. The summed E-state index contributed by atoms with van der Waals surface area (Å²) in [6, 6.07) is 19.5. The van der Waals surface area contributed by atoms with Crippen LogP contribution in [0.3, 0.4) is 0 Å². The van der Waals surface area contributed by atoms with Gasteiger partial charge in [-0.2, -0.15) is 0 Å². The van der Waals surface area contributed by atoms with E-state index in [9.17, 15) is 9.59 Å². The van der Waals surface area contributed by atoms with Gasteiger partial charge in [0, 0.05) is 12.2 Å². The molecule has 5 heteroatoms. The molecule has 0 saturated heterocycles. The summed E-state index contributed by atoms with van der Waals surface area (Å²) in [5.41, 5.74) is 3.81. The summed E-state index contributed by atoms with van der Waals surface area (Å²) in [7, 11) is 2.64. The maximum absolute atomic E-state index is 12.8. The number of nitrogens with zero attached hydrogens (tertiary/aromatic N) is 1. The Morgan fingerprint density at radius 2 is 1.34 bits per heavy atom. The van der Waals surface area contributed by atoms with Crippen LogP contribution in [0.1, 0.15) is 51.7 Å². The number of ether oxygens (including phenoxy) is 2. The lowest BCUT2D eigenvalue weighted by Gasteiger charge is -2.17. The third kappa shape index (κ3) is 3.94. The van der Waals surface area contributed by atoms with Gasteiger partial charge in [-0.15, -0.1) is 0 Å². The van der Waals surface area contributed by atoms with Crippen molar-refractivity contribution in [3.05, 3.63) is 83.0 Å². The Balaban J connectivity index is 2.41. The van der Waals surface area contributed by atoms with E-state index in [4.69, 9.17) is 9.47 Å². The zero-order valence-electron chi connectivity index (χ0n) is 17.1. The number of carbonyl (C=O) groups excluding carboxylic acids is 2. The molecule has 0 spiro atoms. The van der Waals surface area contributed by atoms with Gasteiger partial charge in [0.15, 0.2) is 0 Å². The molecule has 0 atom stereocenters. The highest BCUT2D eigenvalue weighted by Crippen LogP contribution is 2.37. The quantitative estimate of drug-likeness (QED) is 0.561. The first-order valence-electron chi connectivity index (χ1n) is 9.51. The number of carbonyl (C=O) groups is 2. The molecule has 0 fully saturated rings. The van der Waals surface area contributed by atoms with Gasteiger partial charge in [-0.1, -0.05) is 74.5 Å². The van der Waals surface area contributed by atoms with Crippen LogP contribution in [0.2, 0.25) is 0 Å². The van der Waals surface area contributed by atoms with E-state index in [2.05, 4.69) is 0 Å². The number of methoxy groups -OCH3 is 2. The van der Waals surface area contributed by atoms with Crippen molar-refractivity contribution in [2.45, 2.75) is 26.3 Å². The van der Waals surface area contributed by atoms with E-state index in [1.807, 2.05) is 79.1 Å². The molecule has 150 valence electrons. The Morgan fingerprint density at radius 1 is 0.828 bits per heavy atom. The molecule has 29 heavy (non-hydrogen) atoms. The van der Waals surface area contributed by atoms with Crippen LogP contribution in [0, 0.1) is 0 Å². The van der Waals surface area contributed by atoms with E-state index in [1.54, 1.807) is 0 Å². The van der Waals surface area contributed by atoms with Gasteiger partial charge in [0.25, 0.3) is 0 Å². The minimum atomic E-state index is -0.557. The molecule has 1 heterocycles. The van der Waals surface area contributed by atoms with Crippen LogP contribution in [-0.4, -0.2) is 30.7 Å². The van der Waals surface area contributed by atoms with E-state index in [-0.39, 0.29) is 17.0 Å². The maximum atomic E-state index is 12.8. The molecule has 5 nitrogen and oxygen atoms in total. The van der Waals surface area contributed by atoms with E-state index in [1.165, 1.54) is 14.2 Å². The Labute approximate surface area is 170 Å². The van der Waals surface area contributed by atoms with Crippen molar-refractivity contribution in [2.75, 3.05) is 14.2 Å². The number of benzene rings is 2. The first-order chi connectivity index (χ1) is 14.0. The molecule has 0 aliphatic heterocycles. The minimum Gasteiger partial charge on any atom is -0.465 e. The predicted molar refractivity (Wildman–Crippen MR) is 112 cm³/mol. The Kier molecular flexibility index (Phi) is 6.17. The van der Waals surface area contributed by atoms with Gasteiger partial charge in [-0.25, -0.2) is 9.59 Å². The molecule has 3 aromatic rings. The highest BCUT2D eigenvalue weighted by molar-refractivity contribution is 6.09. The Morgan fingerprint density at radius 3 is 1.86 bits per heavy atom. The van der Waals surface area contributed by atoms with Crippen molar-refractivity contribution in [1.29, 1.82) is 0 Å². The van der Waals surface area contributed by atoms with Crippen LogP contribution in [0.25, 0.3) is 11.3 Å². The number of hydrogen-bond acceptors (Lipinski definition) is 4. The summed E-state index contributed by atoms with van der Waals surface area (Å²) in [5.74, 6) is -1.12. The Bertz CT molecular complexity index is 1000. The zero-order valence-corrected chi connectivity index (χ0v) is 17.1. The lowest BCUT2D eigenvalue weighted by Crippen LogP contribution is -2.13. The van der Waals surface area contributed by atoms with Crippen LogP contribution in [0.15, 0.2) is 60.7 Å². The molecule has 0 radical (unpaired) electrons. The van der Waals surface area contributed by atoms with Crippen molar-refractivity contribution in [3.63, 3.8) is 0 Å². The normalized spacial score (nSPS) is 10.8. The van der Waals surface area contributed by atoms with Crippen LogP contribution in [0.5, 0.6) is 0 Å². The summed E-state index contributed by atoms with van der Waals surface area (Å²) < 4.78 is 12.2. The smallest absolute Gasteiger partial charge is 0.340 e. The van der Waals surface area contributed by atoms with Crippen LogP contribution < -0.4 is 0 Å². The van der Waals surface area contributed by atoms with Crippen molar-refractivity contribution in [3.8, 4) is 11.3 Å². The standard InChI is InChI=1S/C24H25NO4/c1-16(2)21-19(23(26)28-3)20(24(27)29-4)22(18-13-9-6-10-14-18)25(21)15-17-11-7-5-8-12-17/h5-14,16H,15H2,1-4H3. The second kappa shape index (κ2) is 8.78. The summed E-state index contributed by atoms with van der Waals surface area (Å²) in [5, 5.41) is 0. The second-order valence-electron chi connectivity index (χ2n) is 7.06. The predicted octanol–water partition coefficient (Wildman–Crippen LogP) is 4.90. The molecule has 0 saturated carbocycles.